The highest BCUT2D eigenvalue weighted by atomic mass is 19.4. The normalized spacial score (nSPS) is 16.9. The Bertz CT molecular complexity index is 975. The van der Waals surface area contributed by atoms with Crippen LogP contribution in [0.2, 0.25) is 0 Å². The van der Waals surface area contributed by atoms with Crippen molar-refractivity contribution < 1.29 is 40.2 Å². The second kappa shape index (κ2) is 17.7. The van der Waals surface area contributed by atoms with Crippen LogP contribution in [0.3, 0.4) is 0 Å². The summed E-state index contributed by atoms with van der Waals surface area (Å²) in [5.74, 6) is -4.35. The van der Waals surface area contributed by atoms with Crippen molar-refractivity contribution >= 4 is 0 Å². The number of hydrogen-bond acceptors (Lipinski definition) is 2. The molecule has 0 saturated heterocycles. The van der Waals surface area contributed by atoms with Gasteiger partial charge in [0.05, 0.1) is 6.10 Å². The lowest BCUT2D eigenvalue weighted by Crippen LogP contribution is -2.33. The molecule has 0 aliphatic rings. The number of alkyl halides is 5. The highest BCUT2D eigenvalue weighted by molar-refractivity contribution is 5.32. The molecular weight excluding hydrogens is 561 g/mol. The molecule has 0 aromatic heterocycles. The smallest absolute Gasteiger partial charge is 0.403 e. The zero-order chi connectivity index (χ0) is 33.0. The minimum atomic E-state index is -5.05. The summed E-state index contributed by atoms with van der Waals surface area (Å²) in [6.07, 6.45) is -4.03. The summed E-state index contributed by atoms with van der Waals surface area (Å²) < 4.78 is 103. The van der Waals surface area contributed by atoms with E-state index in [0.29, 0.717) is 50.0 Å². The summed E-state index contributed by atoms with van der Waals surface area (Å²) in [7, 11) is 0. The van der Waals surface area contributed by atoms with Crippen LogP contribution in [-0.2, 0) is 9.47 Å². The van der Waals surface area contributed by atoms with Gasteiger partial charge in [-0.3, -0.25) is 0 Å². The van der Waals surface area contributed by atoms with Gasteiger partial charge in [-0.2, -0.15) is 8.78 Å². The van der Waals surface area contributed by atoms with Crippen LogP contribution >= 0.6 is 0 Å². The van der Waals surface area contributed by atoms with E-state index >= 15 is 0 Å². The van der Waals surface area contributed by atoms with Crippen LogP contribution in [-0.4, -0.2) is 18.6 Å². The molecular formula is C33H49F7O2. The van der Waals surface area contributed by atoms with Crippen molar-refractivity contribution in [2.75, 3.05) is 0 Å². The number of allylic oxidation sites excluding steroid dienone is 7. The highest BCUT2D eigenvalue weighted by Crippen LogP contribution is 2.34. The van der Waals surface area contributed by atoms with Crippen molar-refractivity contribution in [3.05, 3.63) is 72.6 Å². The Morgan fingerprint density at radius 1 is 0.643 bits per heavy atom. The molecule has 0 amide bonds. The summed E-state index contributed by atoms with van der Waals surface area (Å²) in [4.78, 5) is 0. The molecule has 0 saturated carbocycles. The van der Waals surface area contributed by atoms with Crippen LogP contribution in [0.25, 0.3) is 0 Å². The summed E-state index contributed by atoms with van der Waals surface area (Å²) in [6, 6.07) is 0. The van der Waals surface area contributed by atoms with Crippen molar-refractivity contribution in [2.45, 2.75) is 106 Å². The maximum atomic E-state index is 15.0. The topological polar surface area (TPSA) is 18.5 Å². The monoisotopic (exact) mass is 610 g/mol. The Labute approximate surface area is 248 Å². The lowest BCUT2D eigenvalue weighted by molar-refractivity contribution is -0.304. The van der Waals surface area contributed by atoms with E-state index in [-0.39, 0.29) is 28.9 Å². The number of hydrogen-bond donors (Lipinski definition) is 0. The SMILES string of the molecule is C=C(OC(F)(F)F)/C(F)=C\C(=C)C(C)CCC(C)C(=C)/C(F)=C\C(=C)C(C)CCC(C)OC(F)(F)C(C)CCC(C)C. The van der Waals surface area contributed by atoms with Gasteiger partial charge in [0.15, 0.2) is 11.6 Å². The highest BCUT2D eigenvalue weighted by Gasteiger charge is 2.39. The lowest BCUT2D eigenvalue weighted by atomic mass is 9.88. The maximum absolute atomic E-state index is 15.0. The fourth-order valence-corrected chi connectivity index (χ4v) is 3.93. The van der Waals surface area contributed by atoms with Crippen LogP contribution in [0.15, 0.2) is 72.6 Å². The first-order chi connectivity index (χ1) is 19.1. The summed E-state index contributed by atoms with van der Waals surface area (Å²) in [5, 5.41) is 0. The molecule has 0 aliphatic heterocycles. The average Bonchev–Trinajstić information content (AvgIpc) is 2.86. The van der Waals surface area contributed by atoms with Gasteiger partial charge in [-0.05, 0) is 91.6 Å². The third kappa shape index (κ3) is 15.8. The van der Waals surface area contributed by atoms with Crippen molar-refractivity contribution in [1.29, 1.82) is 0 Å². The molecule has 0 fully saturated rings. The standard InChI is InChI=1S/C33H49F7O2/c1-20(2)12-16-26(8)32(36,37)41-27(9)17-15-22(4)24(6)18-30(34)28(10)23(5)14-13-21(3)25(7)19-31(35)29(11)42-33(38,39)40/h18-23,26-27H,6-7,10-17H2,1-5,8-9H3/b30-18+,31-19+. The van der Waals surface area contributed by atoms with Gasteiger partial charge in [0, 0.05) is 5.92 Å². The molecule has 5 unspecified atom stereocenters. The molecule has 0 aromatic rings. The molecule has 242 valence electrons. The molecule has 0 radical (unpaired) electrons. The van der Waals surface area contributed by atoms with Gasteiger partial charge in [-0.25, -0.2) is 8.78 Å². The third-order valence-electron chi connectivity index (χ3n) is 7.45. The predicted octanol–water partition coefficient (Wildman–Crippen LogP) is 12.0. The molecule has 0 spiro atoms. The van der Waals surface area contributed by atoms with E-state index in [1.807, 2.05) is 20.8 Å². The molecule has 0 aromatic carbocycles. The molecule has 0 N–H and O–H groups in total. The van der Waals surface area contributed by atoms with Gasteiger partial charge >= 0.3 is 12.5 Å². The third-order valence-corrected chi connectivity index (χ3v) is 7.45. The number of halogens is 7. The quantitative estimate of drug-likeness (QED) is 0.0776. The van der Waals surface area contributed by atoms with E-state index in [2.05, 4.69) is 31.1 Å². The lowest BCUT2D eigenvalue weighted by Gasteiger charge is -2.28. The Morgan fingerprint density at radius 2 is 1.10 bits per heavy atom. The second-order valence-corrected chi connectivity index (χ2v) is 11.9. The van der Waals surface area contributed by atoms with Crippen molar-refractivity contribution in [3.63, 3.8) is 0 Å². The van der Waals surface area contributed by atoms with E-state index in [1.165, 1.54) is 13.0 Å². The first kappa shape index (κ1) is 39.7. The number of rotatable bonds is 20. The minimum Gasteiger partial charge on any atom is -0.403 e. The maximum Gasteiger partial charge on any atom is 0.573 e. The molecule has 0 rings (SSSR count). The van der Waals surface area contributed by atoms with Gasteiger partial charge in [-0.1, -0.05) is 74.3 Å². The van der Waals surface area contributed by atoms with Gasteiger partial charge < -0.3 is 9.47 Å². The van der Waals surface area contributed by atoms with E-state index in [1.54, 1.807) is 20.8 Å². The summed E-state index contributed by atoms with van der Waals surface area (Å²) >= 11 is 0. The molecule has 42 heavy (non-hydrogen) atoms. The molecule has 0 heterocycles. The average molecular weight is 611 g/mol. The van der Waals surface area contributed by atoms with Crippen LogP contribution in [0.4, 0.5) is 30.7 Å². The van der Waals surface area contributed by atoms with Crippen LogP contribution in [0, 0.1) is 29.6 Å². The Kier molecular flexibility index (Phi) is 16.8. The fraction of sp³-hybridized carbons (Fsp3) is 0.636. The van der Waals surface area contributed by atoms with E-state index in [9.17, 15) is 30.7 Å². The zero-order valence-electron chi connectivity index (χ0n) is 26.2. The molecule has 0 aliphatic carbocycles. The van der Waals surface area contributed by atoms with Gasteiger partial charge in [0.1, 0.15) is 5.83 Å². The van der Waals surface area contributed by atoms with Crippen molar-refractivity contribution in [3.8, 4) is 0 Å². The Balaban J connectivity index is 4.87. The van der Waals surface area contributed by atoms with Gasteiger partial charge in [-0.15, -0.1) is 13.2 Å². The first-order valence-electron chi connectivity index (χ1n) is 14.4. The van der Waals surface area contributed by atoms with Crippen LogP contribution < -0.4 is 0 Å². The van der Waals surface area contributed by atoms with Gasteiger partial charge in [0.2, 0.25) is 0 Å². The molecule has 5 atom stereocenters. The second-order valence-electron chi connectivity index (χ2n) is 11.9. The first-order valence-corrected chi connectivity index (χ1v) is 14.4. The zero-order valence-corrected chi connectivity index (χ0v) is 26.2. The molecule has 0 bridgehead atoms. The fourth-order valence-electron chi connectivity index (χ4n) is 3.93. The molecule has 2 nitrogen and oxygen atoms in total. The summed E-state index contributed by atoms with van der Waals surface area (Å²) in [5.41, 5.74) is 0.965. The Morgan fingerprint density at radius 3 is 1.57 bits per heavy atom. The van der Waals surface area contributed by atoms with E-state index < -0.39 is 41.9 Å². The summed E-state index contributed by atoms with van der Waals surface area (Å²) in [6.45, 7) is 26.8. The van der Waals surface area contributed by atoms with Crippen LogP contribution in [0.1, 0.15) is 87.0 Å². The van der Waals surface area contributed by atoms with Gasteiger partial charge in [0.25, 0.3) is 0 Å². The molecule has 9 heteroatoms. The largest absolute Gasteiger partial charge is 0.573 e. The predicted molar refractivity (Wildman–Crippen MR) is 157 cm³/mol. The number of ether oxygens (including phenoxy) is 2. The van der Waals surface area contributed by atoms with E-state index in [4.69, 9.17) is 4.74 Å². The van der Waals surface area contributed by atoms with Crippen molar-refractivity contribution in [2.24, 2.45) is 29.6 Å². The van der Waals surface area contributed by atoms with Crippen molar-refractivity contribution in [1.82, 2.24) is 0 Å². The minimum absolute atomic E-state index is 0.182. The van der Waals surface area contributed by atoms with Crippen LogP contribution in [0.5, 0.6) is 0 Å². The Hall–Kier alpha value is -2.29. The van der Waals surface area contributed by atoms with E-state index in [0.717, 1.165) is 6.08 Å².